The predicted molar refractivity (Wildman–Crippen MR) is 242 cm³/mol. The highest BCUT2D eigenvalue weighted by Gasteiger charge is 2.11. The van der Waals surface area contributed by atoms with E-state index in [-0.39, 0.29) is 31.6 Å². The molecule has 0 aliphatic rings. The maximum absolute atomic E-state index is 11.9. The van der Waals surface area contributed by atoms with Crippen molar-refractivity contribution < 1.29 is 43.0 Å². The van der Waals surface area contributed by atoms with Crippen LogP contribution in [0.25, 0.3) is 0 Å². The number of allylic oxidation sites excluding steroid dienone is 2. The van der Waals surface area contributed by atoms with Gasteiger partial charge in [-0.05, 0) is 33.0 Å². The maximum Gasteiger partial charge on any atom is 0.216 e. The smallest absolute Gasteiger partial charge is 0.216 e. The molecule has 3 N–H and O–H groups in total. The molecule has 0 heterocycles. The lowest BCUT2D eigenvalue weighted by Gasteiger charge is -2.10. The fourth-order valence-electron chi connectivity index (χ4n) is 3.08. The first-order chi connectivity index (χ1) is 26.0. The molecule has 0 aromatic carbocycles. The van der Waals surface area contributed by atoms with Crippen LogP contribution in [0.1, 0.15) is 47.5 Å². The molecule has 314 valence electrons. The summed E-state index contributed by atoms with van der Waals surface area (Å²) in [4.78, 5) is 74.2. The molecule has 54 heavy (non-hydrogen) atoms. The fraction of sp³-hybridized carbons (Fsp3) is 0.686. The Bertz CT molecular complexity index is 985. The molecule has 2 amide bonds. The normalized spacial score (nSPS) is 11.5. The molecule has 0 saturated carbocycles. The summed E-state index contributed by atoms with van der Waals surface area (Å²) in [7, 11) is 1.93. The Morgan fingerprint density at radius 2 is 1.09 bits per heavy atom. The molecule has 0 aromatic rings. The monoisotopic (exact) mass is 893 g/mol. The highest BCUT2D eigenvalue weighted by atomic mass is 32.2. The number of thioether (sulfide) groups is 6. The third-order valence-electron chi connectivity index (χ3n) is 5.41. The molecule has 0 saturated heterocycles. The number of hydrogen-bond acceptors (Lipinski definition) is 17. The summed E-state index contributed by atoms with van der Waals surface area (Å²) in [6, 6.07) is 0. The molecule has 12 nitrogen and oxygen atoms in total. The van der Waals surface area contributed by atoms with Crippen molar-refractivity contribution in [2.75, 3.05) is 93.4 Å². The second-order valence-electron chi connectivity index (χ2n) is 10.2. The standard InChI is InChI=1S/C19H36N2O4S4.C12H18O3S2.C3H7NOS.CH2O/c1-15(26-9-5-20-4)13-18(23)28-11-7-25-8-12-29-19(24)14-16(2)27-10-6-21-17(3)22;1-3-5-11(13)16-9-7-15-8-10-17-12(14)6-4-2;5-3-4-1-2-6;1-2/h15-16,20H,5-14H2,1-4H3,(H,21,22);3-6H,7-10H2,1-2H3;3,6H,1-2H2,(H,4,5);1H2/b;5-3+,6-4+;;. The lowest BCUT2D eigenvalue weighted by atomic mass is 10.4. The lowest BCUT2D eigenvalue weighted by Crippen LogP contribution is -2.23. The molecular weight excluding hydrogens is 831 g/mol. The highest BCUT2D eigenvalue weighted by molar-refractivity contribution is 8.14. The Labute approximate surface area is 355 Å². The summed E-state index contributed by atoms with van der Waals surface area (Å²) in [5, 5.41) is 9.36. The zero-order chi connectivity index (χ0) is 41.7. The summed E-state index contributed by atoms with van der Waals surface area (Å²) >= 11 is 12.4. The molecule has 0 rings (SSSR count). The quantitative estimate of drug-likeness (QED) is 0.0340. The van der Waals surface area contributed by atoms with E-state index >= 15 is 0 Å². The number of rotatable bonds is 29. The first-order valence-electron chi connectivity index (χ1n) is 17.2. The minimum absolute atomic E-state index is 0.0265. The van der Waals surface area contributed by atoms with Crippen LogP contribution in [0.5, 0.6) is 0 Å². The predicted octanol–water partition coefficient (Wildman–Crippen LogP) is 5.05. The third kappa shape index (κ3) is 55.4. The van der Waals surface area contributed by atoms with E-state index in [2.05, 4.69) is 35.5 Å². The van der Waals surface area contributed by atoms with Crippen molar-refractivity contribution in [3.63, 3.8) is 0 Å². The second-order valence-corrected chi connectivity index (χ2v) is 18.2. The van der Waals surface area contributed by atoms with Crippen molar-refractivity contribution in [1.29, 1.82) is 0 Å². The van der Waals surface area contributed by atoms with Crippen molar-refractivity contribution in [3.8, 4) is 0 Å². The average molecular weight is 894 g/mol. The summed E-state index contributed by atoms with van der Waals surface area (Å²) in [6.07, 6.45) is 8.29. The molecule has 0 fully saturated rings. The van der Waals surface area contributed by atoms with Crippen molar-refractivity contribution in [2.45, 2.75) is 58.0 Å². The number of amides is 2. The maximum atomic E-state index is 11.9. The van der Waals surface area contributed by atoms with Crippen molar-refractivity contribution in [3.05, 3.63) is 24.3 Å². The molecule has 0 bridgehead atoms. The van der Waals surface area contributed by atoms with Gasteiger partial charge < -0.3 is 30.2 Å². The number of thiol groups is 1. The number of carbonyl (C=O) groups is 7. The van der Waals surface area contributed by atoms with E-state index in [0.717, 1.165) is 18.1 Å². The molecule has 2 unspecified atom stereocenters. The number of carbonyl (C=O) groups excluding carboxylic acids is 7. The van der Waals surface area contributed by atoms with Gasteiger partial charge in [-0.3, -0.25) is 28.8 Å². The van der Waals surface area contributed by atoms with Gasteiger partial charge in [0.05, 0.1) is 26.4 Å². The lowest BCUT2D eigenvalue weighted by molar-refractivity contribution is -0.119. The van der Waals surface area contributed by atoms with Crippen molar-refractivity contribution >= 4 is 123 Å². The zero-order valence-electron chi connectivity index (χ0n) is 32.6. The van der Waals surface area contributed by atoms with E-state index in [1.165, 1.54) is 66.1 Å². The number of nitrogens with one attached hydrogen (secondary N) is 3. The van der Waals surface area contributed by atoms with Gasteiger partial charge in [-0.2, -0.15) is 36.2 Å². The van der Waals surface area contributed by atoms with Crippen LogP contribution in [-0.4, -0.2) is 143 Å². The van der Waals surface area contributed by atoms with Gasteiger partial charge in [0, 0.05) is 90.2 Å². The first kappa shape index (κ1) is 59.8. The van der Waals surface area contributed by atoms with Crippen molar-refractivity contribution in [2.24, 2.45) is 0 Å². The summed E-state index contributed by atoms with van der Waals surface area (Å²) in [5.41, 5.74) is 0. The van der Waals surface area contributed by atoms with Gasteiger partial charge in [-0.1, -0.05) is 73.0 Å². The van der Waals surface area contributed by atoms with Crippen LogP contribution in [0, 0.1) is 0 Å². The minimum Gasteiger partial charge on any atom is -0.380 e. The van der Waals surface area contributed by atoms with E-state index in [1.807, 2.05) is 46.4 Å². The van der Waals surface area contributed by atoms with Gasteiger partial charge in [0.25, 0.3) is 0 Å². The van der Waals surface area contributed by atoms with E-state index in [0.29, 0.717) is 92.8 Å². The third-order valence-corrected chi connectivity index (χ3v) is 11.3. The zero-order valence-corrected chi connectivity index (χ0v) is 38.4. The van der Waals surface area contributed by atoms with E-state index in [1.54, 1.807) is 23.9 Å². The van der Waals surface area contributed by atoms with Gasteiger partial charge in [0.15, 0.2) is 10.2 Å². The van der Waals surface area contributed by atoms with Crippen LogP contribution in [0.4, 0.5) is 0 Å². The first-order valence-corrected chi connectivity index (χ1v) is 23.9. The van der Waals surface area contributed by atoms with Gasteiger partial charge in [-0.15, -0.1) is 0 Å². The highest BCUT2D eigenvalue weighted by Crippen LogP contribution is 2.19. The Balaban J connectivity index is -0.000000419. The largest absolute Gasteiger partial charge is 0.380 e. The Morgan fingerprint density at radius 3 is 1.43 bits per heavy atom. The van der Waals surface area contributed by atoms with Crippen LogP contribution in [0.3, 0.4) is 0 Å². The molecule has 0 aliphatic carbocycles. The second kappa shape index (κ2) is 50.1. The molecule has 19 heteroatoms. The van der Waals surface area contributed by atoms with Crippen LogP contribution >= 0.6 is 83.2 Å². The van der Waals surface area contributed by atoms with Crippen LogP contribution < -0.4 is 16.0 Å². The molecule has 0 aromatic heterocycles. The topological polar surface area (TPSA) is 174 Å². The molecule has 2 atom stereocenters. The van der Waals surface area contributed by atoms with Gasteiger partial charge >= 0.3 is 0 Å². The molecule has 0 spiro atoms. The Kier molecular flexibility index (Phi) is 55.5. The van der Waals surface area contributed by atoms with Gasteiger partial charge in [0.2, 0.25) is 22.5 Å². The van der Waals surface area contributed by atoms with Gasteiger partial charge in [0.1, 0.15) is 6.79 Å². The van der Waals surface area contributed by atoms with Crippen molar-refractivity contribution in [1.82, 2.24) is 16.0 Å². The van der Waals surface area contributed by atoms with Gasteiger partial charge in [-0.25, -0.2) is 0 Å². The SMILES string of the molecule is C/C=C/C(=O)SCCOCCSC(=O)/C=C/C.C=O.CNCCSC(C)CC(=O)SCCOCCSC(=O)CC(C)SCCNC(C)=O.O=CNCCS. The summed E-state index contributed by atoms with van der Waals surface area (Å²) in [5.74, 6) is 5.11. The minimum atomic E-state index is -0.0265. The molecule has 0 aliphatic heterocycles. The molecular formula is C35H63N3O9S7. The van der Waals surface area contributed by atoms with Crippen LogP contribution in [0.15, 0.2) is 24.3 Å². The Morgan fingerprint density at radius 1 is 0.685 bits per heavy atom. The van der Waals surface area contributed by atoms with Crippen LogP contribution in [0.2, 0.25) is 0 Å². The van der Waals surface area contributed by atoms with Crippen LogP contribution in [-0.2, 0) is 43.0 Å². The van der Waals surface area contributed by atoms with E-state index < -0.39 is 0 Å². The molecule has 0 radical (unpaired) electrons. The Hall–Kier alpha value is -0.900. The summed E-state index contributed by atoms with van der Waals surface area (Å²) < 4.78 is 10.8. The van der Waals surface area contributed by atoms with E-state index in [4.69, 9.17) is 14.3 Å². The summed E-state index contributed by atoms with van der Waals surface area (Å²) in [6.45, 7) is 15.6. The average Bonchev–Trinajstić information content (AvgIpc) is 3.13. The number of ether oxygens (including phenoxy) is 2. The fourth-order valence-corrected chi connectivity index (χ4v) is 8.17. The number of hydrogen-bond donors (Lipinski definition) is 4. The van der Waals surface area contributed by atoms with E-state index in [9.17, 15) is 28.8 Å².